The Bertz CT molecular complexity index is 1240. The summed E-state index contributed by atoms with van der Waals surface area (Å²) in [6.45, 7) is 8.97. The van der Waals surface area contributed by atoms with Gasteiger partial charge in [0.15, 0.2) is 0 Å². The van der Waals surface area contributed by atoms with Crippen molar-refractivity contribution in [2.24, 2.45) is 0 Å². The van der Waals surface area contributed by atoms with Crippen molar-refractivity contribution in [3.05, 3.63) is 57.8 Å². The first-order valence-electron chi connectivity index (χ1n) is 10.9. The van der Waals surface area contributed by atoms with Crippen LogP contribution in [-0.2, 0) is 9.53 Å². The number of benzene rings is 2. The lowest BCUT2D eigenvalue weighted by Gasteiger charge is -2.34. The molecule has 1 aliphatic rings. The Morgan fingerprint density at radius 3 is 2.48 bits per heavy atom. The average molecular weight is 488 g/mol. The van der Waals surface area contributed by atoms with Gasteiger partial charge >= 0.3 is 0 Å². The number of ether oxygens (including phenoxy) is 2. The second kappa shape index (κ2) is 9.41. The standard InChI is InChI=1S/C26H27Cl2NO4/c1-14(8-24(30)29-11-15(2)33-16(3)12-29)20-10-21-22(19-7-6-18(27)9-23(19)28)13-32-26(21)17(4)25(20)31-5/h6-10,13,15-16H,11-12H2,1-5H3/b14-8+. The third-order valence-electron chi connectivity index (χ3n) is 5.97. The number of halogens is 2. The molecule has 0 spiro atoms. The van der Waals surface area contributed by atoms with E-state index in [0.29, 0.717) is 34.5 Å². The zero-order valence-corrected chi connectivity index (χ0v) is 20.9. The number of carbonyl (C=O) groups is 1. The molecule has 2 unspecified atom stereocenters. The highest BCUT2D eigenvalue weighted by Crippen LogP contribution is 2.42. The van der Waals surface area contributed by atoms with Gasteiger partial charge in [-0.2, -0.15) is 0 Å². The smallest absolute Gasteiger partial charge is 0.247 e. The summed E-state index contributed by atoms with van der Waals surface area (Å²) in [5.41, 5.74) is 4.89. The lowest BCUT2D eigenvalue weighted by molar-refractivity contribution is -0.137. The van der Waals surface area contributed by atoms with Crippen LogP contribution in [0.4, 0.5) is 0 Å². The number of amides is 1. The molecule has 1 aliphatic heterocycles. The number of aryl methyl sites for hydroxylation is 1. The minimum atomic E-state index is -0.0394. The van der Waals surface area contributed by atoms with E-state index >= 15 is 0 Å². The van der Waals surface area contributed by atoms with Crippen molar-refractivity contribution >= 4 is 45.7 Å². The molecule has 2 aromatic carbocycles. The Morgan fingerprint density at radius 2 is 1.85 bits per heavy atom. The van der Waals surface area contributed by atoms with Crippen LogP contribution >= 0.6 is 23.2 Å². The summed E-state index contributed by atoms with van der Waals surface area (Å²) in [6.07, 6.45) is 3.38. The summed E-state index contributed by atoms with van der Waals surface area (Å²) >= 11 is 12.6. The molecule has 0 saturated carbocycles. The van der Waals surface area contributed by atoms with Crippen LogP contribution in [0.1, 0.15) is 31.9 Å². The van der Waals surface area contributed by atoms with Gasteiger partial charge in [-0.3, -0.25) is 4.79 Å². The van der Waals surface area contributed by atoms with Crippen LogP contribution in [0.5, 0.6) is 5.75 Å². The van der Waals surface area contributed by atoms with Crippen molar-refractivity contribution in [2.45, 2.75) is 39.9 Å². The highest BCUT2D eigenvalue weighted by atomic mass is 35.5. The van der Waals surface area contributed by atoms with Gasteiger partial charge in [0.1, 0.15) is 11.3 Å². The number of methoxy groups -OCH3 is 1. The minimum Gasteiger partial charge on any atom is -0.496 e. The molecule has 0 radical (unpaired) electrons. The topological polar surface area (TPSA) is 51.9 Å². The first-order chi connectivity index (χ1) is 15.7. The number of hydrogen-bond donors (Lipinski definition) is 0. The van der Waals surface area contributed by atoms with Gasteiger partial charge in [-0.1, -0.05) is 29.3 Å². The Morgan fingerprint density at radius 1 is 1.15 bits per heavy atom. The van der Waals surface area contributed by atoms with Crippen LogP contribution < -0.4 is 4.74 Å². The second-order valence-corrected chi connectivity index (χ2v) is 9.40. The molecule has 1 fully saturated rings. The molecule has 0 bridgehead atoms. The first kappa shape index (κ1) is 23.7. The minimum absolute atomic E-state index is 0.0112. The summed E-state index contributed by atoms with van der Waals surface area (Å²) in [7, 11) is 1.62. The van der Waals surface area contributed by atoms with Crippen LogP contribution in [0.3, 0.4) is 0 Å². The monoisotopic (exact) mass is 487 g/mol. The Kier molecular flexibility index (Phi) is 6.76. The molecule has 2 heterocycles. The number of furan rings is 1. The summed E-state index contributed by atoms with van der Waals surface area (Å²) < 4.78 is 17.4. The maximum atomic E-state index is 13.0. The lowest BCUT2D eigenvalue weighted by atomic mass is 9.96. The van der Waals surface area contributed by atoms with Gasteiger partial charge in [-0.05, 0) is 51.5 Å². The predicted octanol–water partition coefficient (Wildman–Crippen LogP) is 6.76. The van der Waals surface area contributed by atoms with Crippen molar-refractivity contribution in [3.63, 3.8) is 0 Å². The molecule has 7 heteroatoms. The van der Waals surface area contributed by atoms with E-state index in [4.69, 9.17) is 37.1 Å². The number of fused-ring (bicyclic) bond motifs is 1. The maximum Gasteiger partial charge on any atom is 0.247 e. The molecule has 4 rings (SSSR count). The molecule has 0 N–H and O–H groups in total. The highest BCUT2D eigenvalue weighted by Gasteiger charge is 2.26. The molecular weight excluding hydrogens is 461 g/mol. The molecule has 33 heavy (non-hydrogen) atoms. The van der Waals surface area contributed by atoms with Gasteiger partial charge in [-0.15, -0.1) is 0 Å². The molecule has 1 saturated heterocycles. The number of carbonyl (C=O) groups excluding carboxylic acids is 1. The van der Waals surface area contributed by atoms with E-state index in [2.05, 4.69) is 0 Å². The van der Waals surface area contributed by atoms with E-state index in [-0.39, 0.29) is 18.1 Å². The van der Waals surface area contributed by atoms with Crippen molar-refractivity contribution < 1.29 is 18.7 Å². The number of nitrogens with zero attached hydrogens (tertiary/aromatic N) is 1. The fourth-order valence-electron chi connectivity index (χ4n) is 4.50. The quantitative estimate of drug-likeness (QED) is 0.381. The molecule has 0 aliphatic carbocycles. The lowest BCUT2D eigenvalue weighted by Crippen LogP contribution is -2.47. The normalized spacial score (nSPS) is 19.2. The predicted molar refractivity (Wildman–Crippen MR) is 133 cm³/mol. The Balaban J connectivity index is 1.79. The van der Waals surface area contributed by atoms with E-state index in [0.717, 1.165) is 33.2 Å². The van der Waals surface area contributed by atoms with E-state index in [1.165, 1.54) is 0 Å². The Hall–Kier alpha value is -2.47. The summed E-state index contributed by atoms with van der Waals surface area (Å²) in [4.78, 5) is 14.9. The zero-order chi connectivity index (χ0) is 23.9. The van der Waals surface area contributed by atoms with Gasteiger partial charge in [0.05, 0.1) is 30.6 Å². The van der Waals surface area contributed by atoms with Gasteiger partial charge in [0.25, 0.3) is 0 Å². The summed E-state index contributed by atoms with van der Waals surface area (Å²) in [6, 6.07) is 7.38. The number of rotatable bonds is 4. The van der Waals surface area contributed by atoms with Crippen LogP contribution in [0, 0.1) is 6.92 Å². The average Bonchev–Trinajstić information content (AvgIpc) is 3.17. The van der Waals surface area contributed by atoms with Gasteiger partial charge in [0, 0.05) is 51.8 Å². The van der Waals surface area contributed by atoms with Crippen molar-refractivity contribution in [1.29, 1.82) is 0 Å². The summed E-state index contributed by atoms with van der Waals surface area (Å²) in [5.74, 6) is 0.637. The van der Waals surface area contributed by atoms with Crippen molar-refractivity contribution in [3.8, 4) is 16.9 Å². The molecule has 174 valence electrons. The zero-order valence-electron chi connectivity index (χ0n) is 19.4. The van der Waals surface area contributed by atoms with Crippen LogP contribution in [0.15, 0.2) is 41.0 Å². The Labute approximate surface area is 203 Å². The van der Waals surface area contributed by atoms with Gasteiger partial charge in [-0.25, -0.2) is 0 Å². The number of morpholine rings is 1. The van der Waals surface area contributed by atoms with Crippen LogP contribution in [-0.4, -0.2) is 43.2 Å². The fraction of sp³-hybridized carbons (Fsp3) is 0.346. The molecule has 1 amide bonds. The van der Waals surface area contributed by atoms with Crippen molar-refractivity contribution in [2.75, 3.05) is 20.2 Å². The van der Waals surface area contributed by atoms with Crippen LogP contribution in [0.2, 0.25) is 10.0 Å². The maximum absolute atomic E-state index is 13.0. The van der Waals surface area contributed by atoms with E-state index in [1.807, 2.05) is 44.7 Å². The SMILES string of the molecule is COc1c(/C(C)=C/C(=O)N2CC(C)OC(C)C2)cc2c(-c3ccc(Cl)cc3Cl)coc2c1C. The highest BCUT2D eigenvalue weighted by molar-refractivity contribution is 6.36. The van der Waals surface area contributed by atoms with E-state index in [9.17, 15) is 4.79 Å². The molecule has 1 aromatic heterocycles. The van der Waals surface area contributed by atoms with E-state index in [1.54, 1.807) is 31.6 Å². The molecule has 3 aromatic rings. The van der Waals surface area contributed by atoms with Crippen molar-refractivity contribution in [1.82, 2.24) is 4.90 Å². The number of allylic oxidation sites excluding steroid dienone is 1. The van der Waals surface area contributed by atoms with Gasteiger partial charge in [0.2, 0.25) is 5.91 Å². The second-order valence-electron chi connectivity index (χ2n) is 8.56. The third kappa shape index (κ3) is 4.63. The molecular formula is C26H27Cl2NO4. The molecule has 2 atom stereocenters. The third-order valence-corrected chi connectivity index (χ3v) is 6.51. The number of hydrogen-bond acceptors (Lipinski definition) is 4. The molecule has 5 nitrogen and oxygen atoms in total. The largest absolute Gasteiger partial charge is 0.496 e. The first-order valence-corrected chi connectivity index (χ1v) is 11.6. The fourth-order valence-corrected chi connectivity index (χ4v) is 5.01. The van der Waals surface area contributed by atoms with Gasteiger partial charge < -0.3 is 18.8 Å². The van der Waals surface area contributed by atoms with Crippen LogP contribution in [0.25, 0.3) is 27.7 Å². The van der Waals surface area contributed by atoms with E-state index < -0.39 is 0 Å². The summed E-state index contributed by atoms with van der Waals surface area (Å²) in [5, 5.41) is 2.00.